The number of carbonyl (C=O) groups is 1. The van der Waals surface area contributed by atoms with Crippen molar-refractivity contribution in [2.45, 2.75) is 26.7 Å². The molecule has 0 saturated carbocycles. The van der Waals surface area contributed by atoms with Gasteiger partial charge in [-0.1, -0.05) is 13.8 Å². The van der Waals surface area contributed by atoms with Crippen LogP contribution in [0.3, 0.4) is 0 Å². The highest BCUT2D eigenvalue weighted by molar-refractivity contribution is 5.67. The molecule has 0 spiro atoms. The minimum Gasteiger partial charge on any atom is -0.481 e. The van der Waals surface area contributed by atoms with Gasteiger partial charge in [-0.05, 0) is 12.3 Å². The van der Waals surface area contributed by atoms with E-state index >= 15 is 0 Å². The lowest BCUT2D eigenvalue weighted by Crippen LogP contribution is -2.19. The fourth-order valence-corrected chi connectivity index (χ4v) is 1.35. The lowest BCUT2D eigenvalue weighted by molar-refractivity contribution is -0.488. The van der Waals surface area contributed by atoms with Crippen LogP contribution in [0.15, 0.2) is 0 Å². The zero-order valence-corrected chi connectivity index (χ0v) is 7.90. The van der Waals surface area contributed by atoms with Crippen LogP contribution in [-0.4, -0.2) is 22.5 Å². The van der Waals surface area contributed by atoms with Crippen LogP contribution in [0.1, 0.15) is 26.7 Å². The Balaban J connectivity index is 4.02. The summed E-state index contributed by atoms with van der Waals surface area (Å²) >= 11 is 0. The summed E-state index contributed by atoms with van der Waals surface area (Å²) in [6, 6.07) is 0. The minimum atomic E-state index is -0.965. The Labute approximate surface area is 76.9 Å². The Kier molecular flexibility index (Phi) is 5.03. The first-order valence-corrected chi connectivity index (χ1v) is 4.25. The monoisotopic (exact) mass is 189 g/mol. The number of nitro groups is 1. The third-order valence-electron chi connectivity index (χ3n) is 1.68. The third kappa shape index (κ3) is 7.24. The zero-order chi connectivity index (χ0) is 10.4. The largest absolute Gasteiger partial charge is 0.481 e. The summed E-state index contributed by atoms with van der Waals surface area (Å²) in [6.45, 7) is 3.61. The Morgan fingerprint density at radius 2 is 2.08 bits per heavy atom. The van der Waals surface area contributed by atoms with E-state index in [0.717, 1.165) is 0 Å². The molecule has 1 N–H and O–H groups in total. The van der Waals surface area contributed by atoms with Crippen molar-refractivity contribution in [1.29, 1.82) is 0 Å². The second-order valence-electron chi connectivity index (χ2n) is 3.61. The van der Waals surface area contributed by atoms with E-state index in [9.17, 15) is 14.9 Å². The number of hydrogen-bond donors (Lipinski definition) is 1. The molecule has 0 bridgehead atoms. The van der Waals surface area contributed by atoms with E-state index in [-0.39, 0.29) is 18.9 Å². The molecule has 0 aromatic rings. The molecule has 5 nitrogen and oxygen atoms in total. The molecular weight excluding hydrogens is 174 g/mol. The van der Waals surface area contributed by atoms with Gasteiger partial charge in [0.1, 0.15) is 0 Å². The van der Waals surface area contributed by atoms with Crippen molar-refractivity contribution in [3.05, 3.63) is 10.1 Å². The van der Waals surface area contributed by atoms with Crippen molar-refractivity contribution in [1.82, 2.24) is 0 Å². The van der Waals surface area contributed by atoms with Crippen LogP contribution in [-0.2, 0) is 4.79 Å². The van der Waals surface area contributed by atoms with Gasteiger partial charge >= 0.3 is 5.97 Å². The molecule has 0 radical (unpaired) electrons. The fourth-order valence-electron chi connectivity index (χ4n) is 1.35. The molecule has 1 unspecified atom stereocenters. The van der Waals surface area contributed by atoms with E-state index in [1.807, 2.05) is 13.8 Å². The molecule has 0 aliphatic carbocycles. The van der Waals surface area contributed by atoms with E-state index in [1.165, 1.54) is 0 Å². The molecule has 0 amide bonds. The van der Waals surface area contributed by atoms with E-state index in [2.05, 4.69) is 0 Å². The first-order chi connectivity index (χ1) is 5.91. The molecular formula is C8H15NO4. The molecule has 0 aromatic carbocycles. The van der Waals surface area contributed by atoms with Gasteiger partial charge in [-0.15, -0.1) is 0 Å². The van der Waals surface area contributed by atoms with Crippen molar-refractivity contribution in [3.63, 3.8) is 0 Å². The van der Waals surface area contributed by atoms with Crippen LogP contribution in [0, 0.1) is 22.0 Å². The van der Waals surface area contributed by atoms with Crippen LogP contribution >= 0.6 is 0 Å². The maximum Gasteiger partial charge on any atom is 0.303 e. The average Bonchev–Trinajstić information content (AvgIpc) is 1.80. The fraction of sp³-hybridized carbons (Fsp3) is 0.875. The van der Waals surface area contributed by atoms with Crippen molar-refractivity contribution in [2.75, 3.05) is 6.54 Å². The summed E-state index contributed by atoms with van der Waals surface area (Å²) < 4.78 is 0. The van der Waals surface area contributed by atoms with E-state index in [4.69, 9.17) is 5.11 Å². The van der Waals surface area contributed by atoms with Gasteiger partial charge < -0.3 is 5.11 Å². The number of aliphatic carboxylic acids is 1. The Morgan fingerprint density at radius 1 is 1.54 bits per heavy atom. The van der Waals surface area contributed by atoms with Gasteiger partial charge in [0.15, 0.2) is 0 Å². The van der Waals surface area contributed by atoms with E-state index in [1.54, 1.807) is 0 Å². The predicted molar refractivity (Wildman–Crippen MR) is 47.1 cm³/mol. The van der Waals surface area contributed by atoms with Crippen LogP contribution in [0.25, 0.3) is 0 Å². The van der Waals surface area contributed by atoms with Crippen molar-refractivity contribution < 1.29 is 14.8 Å². The molecule has 5 heteroatoms. The second kappa shape index (κ2) is 5.50. The molecule has 0 aromatic heterocycles. The predicted octanol–water partition coefficient (Wildman–Crippen LogP) is 1.40. The zero-order valence-electron chi connectivity index (χ0n) is 7.90. The average molecular weight is 189 g/mol. The third-order valence-corrected chi connectivity index (χ3v) is 1.68. The van der Waals surface area contributed by atoms with Crippen LogP contribution in [0.5, 0.6) is 0 Å². The molecule has 13 heavy (non-hydrogen) atoms. The highest BCUT2D eigenvalue weighted by atomic mass is 16.6. The SMILES string of the molecule is CC(C)CC(CC(=O)O)C[N+](=O)[O-]. The molecule has 0 aliphatic heterocycles. The molecule has 0 aliphatic rings. The van der Waals surface area contributed by atoms with E-state index in [0.29, 0.717) is 12.3 Å². The number of carboxylic acids is 1. The van der Waals surface area contributed by atoms with Crippen LogP contribution in [0.2, 0.25) is 0 Å². The Hall–Kier alpha value is -1.13. The van der Waals surface area contributed by atoms with Gasteiger partial charge in [0.2, 0.25) is 6.54 Å². The van der Waals surface area contributed by atoms with Crippen molar-refractivity contribution in [2.24, 2.45) is 11.8 Å². The normalized spacial score (nSPS) is 12.8. The highest BCUT2D eigenvalue weighted by Gasteiger charge is 2.19. The Morgan fingerprint density at radius 3 is 2.38 bits per heavy atom. The summed E-state index contributed by atoms with van der Waals surface area (Å²) in [5.74, 6) is -1.01. The molecule has 76 valence electrons. The minimum absolute atomic E-state index is 0.112. The molecule has 1 atom stereocenters. The maximum atomic E-state index is 10.4. The lowest BCUT2D eigenvalue weighted by Gasteiger charge is -2.12. The summed E-state index contributed by atoms with van der Waals surface area (Å²) in [6.07, 6.45) is 0.479. The van der Waals surface area contributed by atoms with Gasteiger partial charge in [0.05, 0.1) is 6.42 Å². The Bertz CT molecular complexity index is 175. The van der Waals surface area contributed by atoms with Crippen molar-refractivity contribution >= 4 is 5.97 Å². The lowest BCUT2D eigenvalue weighted by atomic mass is 9.94. The summed E-state index contributed by atoms with van der Waals surface area (Å²) in [5.41, 5.74) is 0. The molecule has 0 fully saturated rings. The summed E-state index contributed by atoms with van der Waals surface area (Å²) in [5, 5.41) is 18.7. The number of nitrogens with zero attached hydrogens (tertiary/aromatic N) is 1. The highest BCUT2D eigenvalue weighted by Crippen LogP contribution is 2.15. The first-order valence-electron chi connectivity index (χ1n) is 4.25. The quantitative estimate of drug-likeness (QED) is 0.505. The van der Waals surface area contributed by atoms with Crippen LogP contribution < -0.4 is 0 Å². The van der Waals surface area contributed by atoms with E-state index < -0.39 is 10.9 Å². The topological polar surface area (TPSA) is 80.4 Å². The van der Waals surface area contributed by atoms with Gasteiger partial charge in [-0.2, -0.15) is 0 Å². The standard InChI is InChI=1S/C8H15NO4/c1-6(2)3-7(4-8(10)11)5-9(12)13/h6-7H,3-5H2,1-2H3,(H,10,11). The molecule has 0 rings (SSSR count). The van der Waals surface area contributed by atoms with Gasteiger partial charge in [-0.3, -0.25) is 14.9 Å². The number of rotatable bonds is 6. The summed E-state index contributed by atoms with van der Waals surface area (Å²) in [7, 11) is 0. The molecule has 0 heterocycles. The van der Waals surface area contributed by atoms with Crippen LogP contribution in [0.4, 0.5) is 0 Å². The van der Waals surface area contributed by atoms with Gasteiger partial charge in [0, 0.05) is 10.8 Å². The maximum absolute atomic E-state index is 10.4. The van der Waals surface area contributed by atoms with Gasteiger partial charge in [0.25, 0.3) is 0 Å². The number of carboxylic acid groups (broad SMARTS) is 1. The summed E-state index contributed by atoms with van der Waals surface area (Å²) in [4.78, 5) is 20.1. The second-order valence-corrected chi connectivity index (χ2v) is 3.61. The number of hydrogen-bond acceptors (Lipinski definition) is 3. The first kappa shape index (κ1) is 11.9. The smallest absolute Gasteiger partial charge is 0.303 e. The van der Waals surface area contributed by atoms with Crippen molar-refractivity contribution in [3.8, 4) is 0 Å². The molecule has 0 saturated heterocycles. The van der Waals surface area contributed by atoms with Gasteiger partial charge in [-0.25, -0.2) is 0 Å².